The number of benzene rings is 2. The number of para-hydroxylation sites is 1. The van der Waals surface area contributed by atoms with Gasteiger partial charge in [0.15, 0.2) is 0 Å². The molecule has 0 aliphatic heterocycles. The van der Waals surface area contributed by atoms with Crippen LogP contribution in [0.5, 0.6) is 11.5 Å². The van der Waals surface area contributed by atoms with E-state index in [-0.39, 0.29) is 5.75 Å². The average molecular weight is 285 g/mol. The summed E-state index contributed by atoms with van der Waals surface area (Å²) in [5.74, 6) is 1.81. The van der Waals surface area contributed by atoms with E-state index in [1.54, 1.807) is 12.1 Å². The highest BCUT2D eigenvalue weighted by Gasteiger charge is 2.04. The monoisotopic (exact) mass is 285 g/mol. The normalized spacial score (nSPS) is 10.8. The van der Waals surface area contributed by atoms with E-state index in [1.165, 1.54) is 0 Å². The lowest BCUT2D eigenvalue weighted by atomic mass is 10.1. The van der Waals surface area contributed by atoms with Crippen molar-refractivity contribution in [1.82, 2.24) is 5.32 Å². The number of ether oxygens (including phenoxy) is 1. The molecular formula is C18H23NO2. The maximum atomic E-state index is 9.28. The Morgan fingerprint density at radius 3 is 2.48 bits per heavy atom. The van der Waals surface area contributed by atoms with Crippen LogP contribution < -0.4 is 10.1 Å². The quantitative estimate of drug-likeness (QED) is 0.814. The zero-order valence-corrected chi connectivity index (χ0v) is 12.7. The van der Waals surface area contributed by atoms with E-state index in [2.05, 4.69) is 25.2 Å². The van der Waals surface area contributed by atoms with Crippen molar-refractivity contribution in [1.29, 1.82) is 0 Å². The van der Waals surface area contributed by atoms with E-state index >= 15 is 0 Å². The van der Waals surface area contributed by atoms with E-state index in [1.807, 2.05) is 30.3 Å². The van der Waals surface area contributed by atoms with Gasteiger partial charge in [0.1, 0.15) is 18.1 Å². The number of rotatable bonds is 7. The number of phenolic OH excluding ortho intramolecular Hbond substituents is 1. The first-order valence-electron chi connectivity index (χ1n) is 7.34. The molecule has 0 aromatic heterocycles. The second-order valence-corrected chi connectivity index (χ2v) is 5.59. The summed E-state index contributed by atoms with van der Waals surface area (Å²) in [5.41, 5.74) is 2.20. The predicted octanol–water partition coefficient (Wildman–Crippen LogP) is 3.72. The lowest BCUT2D eigenvalue weighted by Gasteiger charge is -2.13. The second kappa shape index (κ2) is 7.70. The number of nitrogens with one attached hydrogen (secondary N) is 1. The van der Waals surface area contributed by atoms with E-state index in [9.17, 15) is 5.11 Å². The van der Waals surface area contributed by atoms with Crippen LogP contribution in [0.4, 0.5) is 0 Å². The summed E-state index contributed by atoms with van der Waals surface area (Å²) in [6.07, 6.45) is 0. The smallest absolute Gasteiger partial charge is 0.124 e. The van der Waals surface area contributed by atoms with Crippen LogP contribution in [0.25, 0.3) is 0 Å². The molecule has 0 fully saturated rings. The second-order valence-electron chi connectivity index (χ2n) is 5.59. The maximum absolute atomic E-state index is 9.28. The van der Waals surface area contributed by atoms with Crippen LogP contribution in [0.2, 0.25) is 0 Å². The van der Waals surface area contributed by atoms with E-state index < -0.39 is 0 Å². The Labute approximate surface area is 126 Å². The molecule has 0 aliphatic carbocycles. The van der Waals surface area contributed by atoms with Gasteiger partial charge in [-0.05, 0) is 36.2 Å². The minimum absolute atomic E-state index is 0.275. The highest BCUT2D eigenvalue weighted by molar-refractivity contribution is 5.34. The van der Waals surface area contributed by atoms with Crippen molar-refractivity contribution in [2.45, 2.75) is 27.0 Å². The fraction of sp³-hybridized carbons (Fsp3) is 0.333. The Hall–Kier alpha value is -2.00. The van der Waals surface area contributed by atoms with Gasteiger partial charge in [0, 0.05) is 12.1 Å². The van der Waals surface area contributed by atoms with Crippen molar-refractivity contribution in [2.24, 2.45) is 5.92 Å². The lowest BCUT2D eigenvalue weighted by molar-refractivity contribution is 0.301. The SMILES string of the molecule is CC(C)CNCc1ccccc1OCc1ccc(O)cc1. The van der Waals surface area contributed by atoms with Crippen molar-refractivity contribution in [3.8, 4) is 11.5 Å². The van der Waals surface area contributed by atoms with Crippen LogP contribution in [0.3, 0.4) is 0 Å². The molecule has 112 valence electrons. The highest BCUT2D eigenvalue weighted by Crippen LogP contribution is 2.20. The van der Waals surface area contributed by atoms with Gasteiger partial charge < -0.3 is 15.2 Å². The summed E-state index contributed by atoms with van der Waals surface area (Å²) < 4.78 is 5.90. The number of phenols is 1. The Kier molecular flexibility index (Phi) is 5.64. The van der Waals surface area contributed by atoms with Gasteiger partial charge in [-0.15, -0.1) is 0 Å². The maximum Gasteiger partial charge on any atom is 0.124 e. The number of hydrogen-bond donors (Lipinski definition) is 2. The Bertz CT molecular complexity index is 549. The van der Waals surface area contributed by atoms with Crippen LogP contribution in [0, 0.1) is 5.92 Å². The molecule has 0 heterocycles. The molecule has 0 radical (unpaired) electrons. The van der Waals surface area contributed by atoms with Gasteiger partial charge in [-0.1, -0.05) is 44.2 Å². The summed E-state index contributed by atoms with van der Waals surface area (Å²) in [6.45, 7) is 6.69. The summed E-state index contributed by atoms with van der Waals surface area (Å²) in [6, 6.07) is 15.2. The van der Waals surface area contributed by atoms with Gasteiger partial charge in [-0.25, -0.2) is 0 Å². The standard InChI is InChI=1S/C18H23NO2/c1-14(2)11-19-12-16-5-3-4-6-18(16)21-13-15-7-9-17(20)10-8-15/h3-10,14,19-20H,11-13H2,1-2H3. The van der Waals surface area contributed by atoms with Gasteiger partial charge >= 0.3 is 0 Å². The molecule has 0 bridgehead atoms. The van der Waals surface area contributed by atoms with Gasteiger partial charge in [0.05, 0.1) is 0 Å². The van der Waals surface area contributed by atoms with Gasteiger partial charge in [0.25, 0.3) is 0 Å². The molecule has 0 amide bonds. The number of hydrogen-bond acceptors (Lipinski definition) is 3. The van der Waals surface area contributed by atoms with Gasteiger partial charge in [-0.2, -0.15) is 0 Å². The summed E-state index contributed by atoms with van der Waals surface area (Å²) in [4.78, 5) is 0. The van der Waals surface area contributed by atoms with Crippen molar-refractivity contribution in [2.75, 3.05) is 6.54 Å². The summed E-state index contributed by atoms with van der Waals surface area (Å²) in [5, 5.41) is 12.7. The van der Waals surface area contributed by atoms with Crippen molar-refractivity contribution >= 4 is 0 Å². The minimum atomic E-state index is 0.275. The van der Waals surface area contributed by atoms with Crippen LogP contribution in [0.1, 0.15) is 25.0 Å². The molecule has 21 heavy (non-hydrogen) atoms. The first kappa shape index (κ1) is 15.4. The van der Waals surface area contributed by atoms with Crippen molar-refractivity contribution in [3.63, 3.8) is 0 Å². The fourth-order valence-corrected chi connectivity index (χ4v) is 2.04. The Morgan fingerprint density at radius 2 is 1.76 bits per heavy atom. The van der Waals surface area contributed by atoms with Gasteiger partial charge in [-0.3, -0.25) is 0 Å². The third-order valence-electron chi connectivity index (χ3n) is 3.17. The zero-order chi connectivity index (χ0) is 15.1. The molecule has 0 saturated heterocycles. The van der Waals surface area contributed by atoms with Crippen LogP contribution in [0.15, 0.2) is 48.5 Å². The Morgan fingerprint density at radius 1 is 1.05 bits per heavy atom. The molecule has 0 aliphatic rings. The lowest BCUT2D eigenvalue weighted by Crippen LogP contribution is -2.19. The Balaban J connectivity index is 1.94. The predicted molar refractivity (Wildman–Crippen MR) is 85.4 cm³/mol. The zero-order valence-electron chi connectivity index (χ0n) is 12.7. The molecule has 0 unspecified atom stereocenters. The largest absolute Gasteiger partial charge is 0.508 e. The third kappa shape index (κ3) is 5.12. The molecule has 0 atom stereocenters. The molecule has 2 aromatic carbocycles. The summed E-state index contributed by atoms with van der Waals surface area (Å²) in [7, 11) is 0. The molecular weight excluding hydrogens is 262 g/mol. The first-order valence-corrected chi connectivity index (χ1v) is 7.34. The highest BCUT2D eigenvalue weighted by atomic mass is 16.5. The molecule has 2 aromatic rings. The van der Waals surface area contributed by atoms with Crippen LogP contribution >= 0.6 is 0 Å². The van der Waals surface area contributed by atoms with E-state index in [0.29, 0.717) is 12.5 Å². The molecule has 0 saturated carbocycles. The molecule has 3 heteroatoms. The molecule has 3 nitrogen and oxygen atoms in total. The fourth-order valence-electron chi connectivity index (χ4n) is 2.04. The van der Waals surface area contributed by atoms with E-state index in [0.717, 1.165) is 30.0 Å². The van der Waals surface area contributed by atoms with E-state index in [4.69, 9.17) is 4.74 Å². The minimum Gasteiger partial charge on any atom is -0.508 e. The van der Waals surface area contributed by atoms with Crippen molar-refractivity contribution in [3.05, 3.63) is 59.7 Å². The molecule has 2 rings (SSSR count). The van der Waals surface area contributed by atoms with Gasteiger partial charge in [0.2, 0.25) is 0 Å². The van der Waals surface area contributed by atoms with Crippen LogP contribution in [-0.4, -0.2) is 11.7 Å². The first-order chi connectivity index (χ1) is 10.1. The molecule has 2 N–H and O–H groups in total. The summed E-state index contributed by atoms with van der Waals surface area (Å²) >= 11 is 0. The topological polar surface area (TPSA) is 41.5 Å². The van der Waals surface area contributed by atoms with Crippen molar-refractivity contribution < 1.29 is 9.84 Å². The third-order valence-corrected chi connectivity index (χ3v) is 3.17. The number of aromatic hydroxyl groups is 1. The van der Waals surface area contributed by atoms with Crippen LogP contribution in [-0.2, 0) is 13.2 Å². The average Bonchev–Trinajstić information content (AvgIpc) is 2.47. The molecule has 0 spiro atoms.